The molecule has 102 valence electrons. The summed E-state index contributed by atoms with van der Waals surface area (Å²) < 4.78 is 36.9. The fourth-order valence-electron chi connectivity index (χ4n) is 2.07. The lowest BCUT2D eigenvalue weighted by molar-refractivity contribution is -0.144. The maximum absolute atomic E-state index is 12.3. The summed E-state index contributed by atoms with van der Waals surface area (Å²) in [7, 11) is 1.46. The quantitative estimate of drug-likeness (QED) is 0.881. The molecule has 1 rings (SSSR count). The van der Waals surface area contributed by atoms with E-state index in [9.17, 15) is 13.2 Å². The molecule has 2 nitrogen and oxygen atoms in total. The minimum absolute atomic E-state index is 0.271. The van der Waals surface area contributed by atoms with Crippen molar-refractivity contribution in [2.45, 2.75) is 18.5 Å². The summed E-state index contributed by atoms with van der Waals surface area (Å²) in [6.07, 6.45) is -4.18. The summed E-state index contributed by atoms with van der Waals surface area (Å²) in [4.78, 5) is 1.26. The van der Waals surface area contributed by atoms with Gasteiger partial charge < -0.3 is 5.73 Å². The highest BCUT2D eigenvalue weighted by Gasteiger charge is 2.33. The molecule has 1 aromatic carbocycles. The van der Waals surface area contributed by atoms with Crippen LogP contribution in [-0.2, 0) is 5.41 Å². The Kier molecular flexibility index (Phi) is 4.76. The molecular weight excluding hydrogens is 241 g/mol. The van der Waals surface area contributed by atoms with Crippen LogP contribution < -0.4 is 5.73 Å². The molecule has 1 aromatic rings. The van der Waals surface area contributed by atoms with Gasteiger partial charge in [-0.3, -0.25) is 4.90 Å². The first kappa shape index (κ1) is 15.0. The van der Waals surface area contributed by atoms with Gasteiger partial charge in [0.1, 0.15) is 0 Å². The fraction of sp³-hybridized carbons (Fsp3) is 0.538. The first-order chi connectivity index (χ1) is 8.27. The zero-order chi connectivity index (χ0) is 13.8. The molecule has 0 spiro atoms. The van der Waals surface area contributed by atoms with Gasteiger partial charge in [0.05, 0.1) is 6.54 Å². The minimum Gasteiger partial charge on any atom is -0.330 e. The van der Waals surface area contributed by atoms with Crippen LogP contribution in [-0.4, -0.2) is 37.8 Å². The summed E-state index contributed by atoms with van der Waals surface area (Å²) >= 11 is 0. The molecule has 2 N–H and O–H groups in total. The van der Waals surface area contributed by atoms with E-state index in [0.29, 0.717) is 6.54 Å². The van der Waals surface area contributed by atoms with Gasteiger partial charge in [-0.1, -0.05) is 37.3 Å². The standard InChI is InChI=1S/C13H19F3N2/c1-12(8-17,11-6-4-3-5-7-11)9-18(2)10-13(14,15)16/h3-7H,8-10,17H2,1-2H3. The molecule has 0 aromatic heterocycles. The van der Waals surface area contributed by atoms with Gasteiger partial charge in [0.2, 0.25) is 0 Å². The van der Waals surface area contributed by atoms with E-state index in [0.717, 1.165) is 5.56 Å². The fourth-order valence-corrected chi connectivity index (χ4v) is 2.07. The molecule has 0 aliphatic rings. The minimum atomic E-state index is -4.18. The van der Waals surface area contributed by atoms with Crippen LogP contribution in [0.3, 0.4) is 0 Å². The van der Waals surface area contributed by atoms with E-state index in [-0.39, 0.29) is 6.54 Å². The molecule has 0 fully saturated rings. The normalized spacial score (nSPS) is 15.7. The van der Waals surface area contributed by atoms with Crippen LogP contribution in [0, 0.1) is 0 Å². The van der Waals surface area contributed by atoms with Crippen molar-refractivity contribution < 1.29 is 13.2 Å². The zero-order valence-electron chi connectivity index (χ0n) is 10.7. The smallest absolute Gasteiger partial charge is 0.330 e. The first-order valence-corrected chi connectivity index (χ1v) is 5.78. The second kappa shape index (κ2) is 5.71. The summed E-state index contributed by atoms with van der Waals surface area (Å²) in [6.45, 7) is 1.54. The van der Waals surface area contributed by atoms with Gasteiger partial charge >= 0.3 is 6.18 Å². The molecule has 0 amide bonds. The van der Waals surface area contributed by atoms with Crippen molar-refractivity contribution in [2.24, 2.45) is 5.73 Å². The molecule has 1 atom stereocenters. The predicted molar refractivity (Wildman–Crippen MR) is 66.4 cm³/mol. The monoisotopic (exact) mass is 260 g/mol. The van der Waals surface area contributed by atoms with Crippen LogP contribution in [0.25, 0.3) is 0 Å². The Labute approximate surface area is 106 Å². The van der Waals surface area contributed by atoms with Crippen LogP contribution in [0.15, 0.2) is 30.3 Å². The van der Waals surface area contributed by atoms with Gasteiger partial charge in [-0.2, -0.15) is 13.2 Å². The van der Waals surface area contributed by atoms with Gasteiger partial charge in [0, 0.05) is 18.5 Å². The van der Waals surface area contributed by atoms with Crippen LogP contribution >= 0.6 is 0 Å². The molecule has 0 aliphatic heterocycles. The number of likely N-dealkylation sites (N-methyl/N-ethyl adjacent to an activating group) is 1. The molecule has 0 saturated heterocycles. The van der Waals surface area contributed by atoms with Crippen LogP contribution in [0.2, 0.25) is 0 Å². The highest BCUT2D eigenvalue weighted by atomic mass is 19.4. The Morgan fingerprint density at radius 3 is 2.11 bits per heavy atom. The molecular formula is C13H19F3N2. The van der Waals surface area contributed by atoms with Crippen molar-refractivity contribution in [1.82, 2.24) is 4.90 Å². The van der Waals surface area contributed by atoms with Crippen molar-refractivity contribution in [2.75, 3.05) is 26.7 Å². The lowest BCUT2D eigenvalue weighted by Gasteiger charge is -2.33. The molecule has 0 radical (unpaired) electrons. The van der Waals surface area contributed by atoms with Crippen LogP contribution in [0.1, 0.15) is 12.5 Å². The predicted octanol–water partition coefficient (Wildman–Crippen LogP) is 2.40. The van der Waals surface area contributed by atoms with Gasteiger partial charge in [0.25, 0.3) is 0 Å². The van der Waals surface area contributed by atoms with Gasteiger partial charge in [-0.15, -0.1) is 0 Å². The average molecular weight is 260 g/mol. The number of alkyl halides is 3. The Balaban J connectivity index is 2.78. The van der Waals surface area contributed by atoms with E-state index in [1.54, 1.807) is 0 Å². The summed E-state index contributed by atoms with van der Waals surface area (Å²) in [5.74, 6) is 0. The Hall–Kier alpha value is -1.07. The maximum atomic E-state index is 12.3. The first-order valence-electron chi connectivity index (χ1n) is 5.78. The zero-order valence-corrected chi connectivity index (χ0v) is 10.7. The van der Waals surface area contributed by atoms with E-state index in [2.05, 4.69) is 0 Å². The topological polar surface area (TPSA) is 29.3 Å². The van der Waals surface area contributed by atoms with E-state index in [1.807, 2.05) is 37.3 Å². The summed E-state index contributed by atoms with van der Waals surface area (Å²) in [6, 6.07) is 9.41. The van der Waals surface area contributed by atoms with E-state index >= 15 is 0 Å². The highest BCUT2D eigenvalue weighted by Crippen LogP contribution is 2.25. The number of nitrogens with two attached hydrogens (primary N) is 1. The van der Waals surface area contributed by atoms with E-state index in [1.165, 1.54) is 11.9 Å². The Morgan fingerprint density at radius 2 is 1.67 bits per heavy atom. The number of hydrogen-bond donors (Lipinski definition) is 1. The summed E-state index contributed by atoms with van der Waals surface area (Å²) in [5, 5.41) is 0. The molecule has 1 unspecified atom stereocenters. The van der Waals surface area contributed by atoms with E-state index in [4.69, 9.17) is 5.73 Å². The van der Waals surface area contributed by atoms with Crippen molar-refractivity contribution in [3.05, 3.63) is 35.9 Å². The molecule has 0 bridgehead atoms. The third-order valence-corrected chi connectivity index (χ3v) is 2.99. The lowest BCUT2D eigenvalue weighted by atomic mass is 9.82. The molecule has 0 aliphatic carbocycles. The van der Waals surface area contributed by atoms with Crippen LogP contribution in [0.4, 0.5) is 13.2 Å². The van der Waals surface area contributed by atoms with Gasteiger partial charge in [-0.25, -0.2) is 0 Å². The summed E-state index contributed by atoms with van der Waals surface area (Å²) in [5.41, 5.74) is 6.23. The Morgan fingerprint density at radius 1 is 1.11 bits per heavy atom. The van der Waals surface area contributed by atoms with Crippen molar-refractivity contribution >= 4 is 0 Å². The van der Waals surface area contributed by atoms with Gasteiger partial charge in [-0.05, 0) is 12.6 Å². The SMILES string of the molecule is CN(CC(F)(F)F)CC(C)(CN)c1ccccc1. The van der Waals surface area contributed by atoms with Crippen molar-refractivity contribution in [1.29, 1.82) is 0 Å². The largest absolute Gasteiger partial charge is 0.401 e. The number of benzene rings is 1. The molecule has 5 heteroatoms. The molecule has 0 heterocycles. The van der Waals surface area contributed by atoms with Gasteiger partial charge in [0.15, 0.2) is 0 Å². The Bertz CT molecular complexity index is 364. The molecule has 18 heavy (non-hydrogen) atoms. The average Bonchev–Trinajstić information content (AvgIpc) is 2.27. The third kappa shape index (κ3) is 4.31. The third-order valence-electron chi connectivity index (χ3n) is 2.99. The second-order valence-electron chi connectivity index (χ2n) is 4.92. The lowest BCUT2D eigenvalue weighted by Crippen LogP contribution is -2.45. The number of hydrogen-bond acceptors (Lipinski definition) is 2. The number of rotatable bonds is 5. The second-order valence-corrected chi connectivity index (χ2v) is 4.92. The van der Waals surface area contributed by atoms with E-state index < -0.39 is 18.1 Å². The number of halogens is 3. The maximum Gasteiger partial charge on any atom is 0.401 e. The van der Waals surface area contributed by atoms with Crippen molar-refractivity contribution in [3.8, 4) is 0 Å². The number of nitrogens with zero attached hydrogens (tertiary/aromatic N) is 1. The highest BCUT2D eigenvalue weighted by molar-refractivity contribution is 5.25. The molecule has 0 saturated carbocycles. The van der Waals surface area contributed by atoms with Crippen molar-refractivity contribution in [3.63, 3.8) is 0 Å². The van der Waals surface area contributed by atoms with Crippen LogP contribution in [0.5, 0.6) is 0 Å².